The van der Waals surface area contributed by atoms with Gasteiger partial charge in [-0.1, -0.05) is 13.0 Å². The van der Waals surface area contributed by atoms with Crippen molar-refractivity contribution in [2.45, 2.75) is 26.8 Å². The minimum Gasteiger partial charge on any atom is -0.492 e. The lowest BCUT2D eigenvalue weighted by atomic mass is 10.0. The lowest BCUT2D eigenvalue weighted by molar-refractivity contribution is 0.0622. The van der Waals surface area contributed by atoms with Gasteiger partial charge in [-0.15, -0.1) is 0 Å². The first-order valence-corrected chi connectivity index (χ1v) is 6.78. The van der Waals surface area contributed by atoms with Gasteiger partial charge in [-0.05, 0) is 26.0 Å². The third kappa shape index (κ3) is 2.61. The SMILES string of the molecule is CC1COc2c(C(N)=O)cccc2C(=O)N(C(C)C)C1. The van der Waals surface area contributed by atoms with E-state index in [2.05, 4.69) is 0 Å². The Morgan fingerprint density at radius 2 is 2.15 bits per heavy atom. The van der Waals surface area contributed by atoms with E-state index in [9.17, 15) is 9.59 Å². The average molecular weight is 276 g/mol. The molecule has 5 nitrogen and oxygen atoms in total. The largest absolute Gasteiger partial charge is 0.492 e. The first kappa shape index (κ1) is 14.4. The number of para-hydroxylation sites is 1. The smallest absolute Gasteiger partial charge is 0.257 e. The van der Waals surface area contributed by atoms with E-state index in [1.165, 1.54) is 0 Å². The van der Waals surface area contributed by atoms with Gasteiger partial charge in [0.15, 0.2) is 0 Å². The molecule has 1 unspecified atom stereocenters. The topological polar surface area (TPSA) is 72.6 Å². The normalized spacial score (nSPS) is 19.1. The fraction of sp³-hybridized carbons (Fsp3) is 0.467. The lowest BCUT2D eigenvalue weighted by Crippen LogP contribution is -2.42. The summed E-state index contributed by atoms with van der Waals surface area (Å²) in [5, 5.41) is 0. The third-order valence-electron chi connectivity index (χ3n) is 3.42. The molecule has 1 aromatic carbocycles. The number of nitrogens with zero attached hydrogens (tertiary/aromatic N) is 1. The maximum atomic E-state index is 12.6. The molecule has 1 heterocycles. The molecule has 1 aliphatic heterocycles. The molecule has 0 radical (unpaired) electrons. The van der Waals surface area contributed by atoms with E-state index in [4.69, 9.17) is 10.5 Å². The molecule has 0 fully saturated rings. The summed E-state index contributed by atoms with van der Waals surface area (Å²) >= 11 is 0. The summed E-state index contributed by atoms with van der Waals surface area (Å²) in [6.45, 7) is 7.06. The van der Waals surface area contributed by atoms with Crippen molar-refractivity contribution in [3.8, 4) is 5.75 Å². The maximum absolute atomic E-state index is 12.6. The standard InChI is InChI=1S/C15H20N2O3/c1-9(2)17-7-10(3)8-20-13-11(14(16)18)5-4-6-12(13)15(17)19/h4-6,9-10H,7-8H2,1-3H3,(H2,16,18). The van der Waals surface area contributed by atoms with Gasteiger partial charge < -0.3 is 15.4 Å². The van der Waals surface area contributed by atoms with Crippen LogP contribution in [0.3, 0.4) is 0 Å². The van der Waals surface area contributed by atoms with Crippen LogP contribution in [0.4, 0.5) is 0 Å². The summed E-state index contributed by atoms with van der Waals surface area (Å²) in [5.41, 5.74) is 6.02. The van der Waals surface area contributed by atoms with Crippen LogP contribution in [-0.4, -0.2) is 35.9 Å². The minimum absolute atomic E-state index is 0.0909. The fourth-order valence-electron chi connectivity index (χ4n) is 2.35. The summed E-state index contributed by atoms with van der Waals surface area (Å²) in [6.07, 6.45) is 0. The van der Waals surface area contributed by atoms with Crippen LogP contribution in [0.15, 0.2) is 18.2 Å². The van der Waals surface area contributed by atoms with Crippen LogP contribution in [0, 0.1) is 5.92 Å². The molecule has 0 bridgehead atoms. The van der Waals surface area contributed by atoms with Crippen molar-refractivity contribution < 1.29 is 14.3 Å². The molecule has 2 amide bonds. The van der Waals surface area contributed by atoms with Crippen molar-refractivity contribution in [2.75, 3.05) is 13.2 Å². The van der Waals surface area contributed by atoms with Crippen molar-refractivity contribution in [1.29, 1.82) is 0 Å². The first-order valence-electron chi connectivity index (χ1n) is 6.78. The zero-order valence-electron chi connectivity index (χ0n) is 12.1. The van der Waals surface area contributed by atoms with Crippen LogP contribution in [-0.2, 0) is 0 Å². The molecular formula is C15H20N2O3. The van der Waals surface area contributed by atoms with Gasteiger partial charge in [0.05, 0.1) is 17.7 Å². The number of fused-ring (bicyclic) bond motifs is 1. The van der Waals surface area contributed by atoms with Gasteiger partial charge in [0.1, 0.15) is 5.75 Å². The highest BCUT2D eigenvalue weighted by atomic mass is 16.5. The molecule has 20 heavy (non-hydrogen) atoms. The summed E-state index contributed by atoms with van der Waals surface area (Å²) in [5.74, 6) is -0.207. The van der Waals surface area contributed by atoms with Gasteiger partial charge in [0.2, 0.25) is 0 Å². The summed E-state index contributed by atoms with van der Waals surface area (Å²) < 4.78 is 5.68. The molecule has 2 N–H and O–H groups in total. The average Bonchev–Trinajstić information content (AvgIpc) is 2.39. The number of carbonyl (C=O) groups excluding carboxylic acids is 2. The first-order chi connectivity index (χ1) is 9.41. The van der Waals surface area contributed by atoms with Crippen LogP contribution in [0.1, 0.15) is 41.5 Å². The second-order valence-electron chi connectivity index (χ2n) is 5.51. The summed E-state index contributed by atoms with van der Waals surface area (Å²) in [4.78, 5) is 25.9. The molecule has 0 saturated heterocycles. The van der Waals surface area contributed by atoms with Gasteiger partial charge in [-0.25, -0.2) is 0 Å². The minimum atomic E-state index is -0.584. The van der Waals surface area contributed by atoms with E-state index < -0.39 is 5.91 Å². The maximum Gasteiger partial charge on any atom is 0.257 e. The van der Waals surface area contributed by atoms with Crippen molar-refractivity contribution in [2.24, 2.45) is 11.7 Å². The Kier molecular flexibility index (Phi) is 3.97. The molecule has 0 spiro atoms. The van der Waals surface area contributed by atoms with Gasteiger partial charge in [-0.3, -0.25) is 9.59 Å². The Balaban J connectivity index is 2.54. The number of hydrogen-bond donors (Lipinski definition) is 1. The van der Waals surface area contributed by atoms with Crippen molar-refractivity contribution >= 4 is 11.8 Å². The highest BCUT2D eigenvalue weighted by molar-refractivity contribution is 6.03. The van der Waals surface area contributed by atoms with E-state index in [0.717, 1.165) is 0 Å². The molecule has 108 valence electrons. The highest BCUT2D eigenvalue weighted by Crippen LogP contribution is 2.28. The molecule has 1 atom stereocenters. The number of nitrogens with two attached hydrogens (primary N) is 1. The Morgan fingerprint density at radius 3 is 2.75 bits per heavy atom. The fourth-order valence-corrected chi connectivity index (χ4v) is 2.35. The quantitative estimate of drug-likeness (QED) is 0.893. The Labute approximate surface area is 118 Å². The van der Waals surface area contributed by atoms with E-state index >= 15 is 0 Å². The van der Waals surface area contributed by atoms with Gasteiger partial charge in [-0.2, -0.15) is 0 Å². The monoisotopic (exact) mass is 276 g/mol. The lowest BCUT2D eigenvalue weighted by Gasteiger charge is -2.32. The van der Waals surface area contributed by atoms with Crippen molar-refractivity contribution in [3.63, 3.8) is 0 Å². The van der Waals surface area contributed by atoms with E-state index in [1.807, 2.05) is 20.8 Å². The van der Waals surface area contributed by atoms with Crippen molar-refractivity contribution in [3.05, 3.63) is 29.3 Å². The van der Waals surface area contributed by atoms with Gasteiger partial charge in [0.25, 0.3) is 11.8 Å². The van der Waals surface area contributed by atoms with Crippen molar-refractivity contribution in [1.82, 2.24) is 4.90 Å². The zero-order valence-corrected chi connectivity index (χ0v) is 12.1. The summed E-state index contributed by atoms with van der Waals surface area (Å²) in [6, 6.07) is 5.01. The molecule has 2 rings (SSSR count). The number of primary amides is 1. The number of rotatable bonds is 2. The van der Waals surface area contributed by atoms with Crippen LogP contribution < -0.4 is 10.5 Å². The number of benzene rings is 1. The Morgan fingerprint density at radius 1 is 1.45 bits per heavy atom. The van der Waals surface area contributed by atoms with Crippen LogP contribution in [0.2, 0.25) is 0 Å². The zero-order chi connectivity index (χ0) is 14.9. The van der Waals surface area contributed by atoms with E-state index in [-0.39, 0.29) is 23.4 Å². The molecule has 5 heteroatoms. The number of ether oxygens (including phenoxy) is 1. The second kappa shape index (κ2) is 5.53. The molecule has 0 saturated carbocycles. The Bertz CT molecular complexity index is 540. The number of amides is 2. The third-order valence-corrected chi connectivity index (χ3v) is 3.42. The molecular weight excluding hydrogens is 256 g/mol. The predicted molar refractivity (Wildman–Crippen MR) is 75.8 cm³/mol. The molecule has 0 aromatic heterocycles. The predicted octanol–water partition coefficient (Wildman–Crippen LogP) is 1.66. The molecule has 1 aliphatic rings. The second-order valence-corrected chi connectivity index (χ2v) is 5.51. The Hall–Kier alpha value is -2.04. The van der Waals surface area contributed by atoms with Gasteiger partial charge >= 0.3 is 0 Å². The van der Waals surface area contributed by atoms with Crippen LogP contribution in [0.5, 0.6) is 5.75 Å². The summed E-state index contributed by atoms with van der Waals surface area (Å²) in [7, 11) is 0. The van der Waals surface area contributed by atoms with Crippen LogP contribution >= 0.6 is 0 Å². The van der Waals surface area contributed by atoms with E-state index in [0.29, 0.717) is 24.5 Å². The number of hydrogen-bond acceptors (Lipinski definition) is 3. The van der Waals surface area contributed by atoms with E-state index in [1.54, 1.807) is 23.1 Å². The molecule has 1 aromatic rings. The highest BCUT2D eigenvalue weighted by Gasteiger charge is 2.28. The van der Waals surface area contributed by atoms with Crippen LogP contribution in [0.25, 0.3) is 0 Å². The number of carbonyl (C=O) groups is 2. The van der Waals surface area contributed by atoms with Gasteiger partial charge in [0, 0.05) is 18.5 Å². The molecule has 0 aliphatic carbocycles.